The van der Waals surface area contributed by atoms with Gasteiger partial charge in [-0.2, -0.15) is 0 Å². The Kier molecular flexibility index (Phi) is 7.04. The highest BCUT2D eigenvalue weighted by molar-refractivity contribution is 8.16. The predicted molar refractivity (Wildman–Crippen MR) is 64.4 cm³/mol. The van der Waals surface area contributed by atoms with Crippen LogP contribution in [0.2, 0.25) is 0 Å². The van der Waals surface area contributed by atoms with Gasteiger partial charge in [-0.3, -0.25) is 0 Å². The summed E-state index contributed by atoms with van der Waals surface area (Å²) in [5.74, 6) is -0.435. The molecule has 0 saturated carbocycles. The van der Waals surface area contributed by atoms with Gasteiger partial charge in [-0.1, -0.05) is 46.4 Å². The van der Waals surface area contributed by atoms with Crippen molar-refractivity contribution >= 4 is 86.7 Å². The fraction of sp³-hybridized carbons (Fsp3) is 0.800. The first kappa shape index (κ1) is 15.6. The van der Waals surface area contributed by atoms with Crippen LogP contribution in [0.1, 0.15) is 0 Å². The lowest BCUT2D eigenvalue weighted by atomic mass is 10.8. The molecule has 0 heterocycles. The third-order valence-corrected chi connectivity index (χ3v) is 4.10. The molecule has 0 amide bonds. The topological polar surface area (TPSA) is 26.3 Å². The summed E-state index contributed by atoms with van der Waals surface area (Å²) in [5, 5.41) is -0.860. The lowest BCUT2D eigenvalue weighted by Crippen LogP contribution is -2.24. The van der Waals surface area contributed by atoms with Gasteiger partial charge in [0.15, 0.2) is 3.67 Å². The van der Waals surface area contributed by atoms with Crippen LogP contribution in [0.15, 0.2) is 0 Å². The van der Waals surface area contributed by atoms with Gasteiger partial charge < -0.3 is 4.74 Å². The third-order valence-electron chi connectivity index (χ3n) is 0.776. The predicted octanol–water partition coefficient (Wildman–Crippen LogP) is 4.60. The van der Waals surface area contributed by atoms with E-state index in [-0.39, 0.29) is 11.8 Å². The molecule has 14 heavy (non-hydrogen) atoms. The maximum atomic E-state index is 11.1. The second-order valence-electron chi connectivity index (χ2n) is 2.00. The third kappa shape index (κ3) is 6.94. The van der Waals surface area contributed by atoms with Gasteiger partial charge in [0.05, 0.1) is 11.8 Å². The van der Waals surface area contributed by atoms with Gasteiger partial charge in [0.1, 0.15) is 0 Å². The monoisotopic (exact) mass is 338 g/mol. The molecule has 0 radical (unpaired) electrons. The van der Waals surface area contributed by atoms with E-state index < -0.39 is 13.5 Å². The van der Waals surface area contributed by atoms with Gasteiger partial charge >= 0.3 is 5.30 Å². The molecule has 0 spiro atoms. The zero-order valence-corrected chi connectivity index (χ0v) is 11.8. The van der Waals surface area contributed by atoms with Crippen LogP contribution in [0.4, 0.5) is 4.79 Å². The molecule has 0 aromatic heterocycles. The Bertz CT molecular complexity index is 188. The van der Waals surface area contributed by atoms with Crippen molar-refractivity contribution in [3.8, 4) is 0 Å². The van der Waals surface area contributed by atoms with E-state index in [1.165, 1.54) is 0 Å². The molecule has 2 nitrogen and oxygen atoms in total. The first-order valence-electron chi connectivity index (χ1n) is 3.02. The molecular weight excluding hydrogens is 337 g/mol. The molecule has 84 valence electrons. The molecule has 0 unspecified atom stereocenters. The fourth-order valence-electron chi connectivity index (χ4n) is 0.319. The van der Waals surface area contributed by atoms with E-state index in [0.717, 1.165) is 0 Å². The highest BCUT2D eigenvalue weighted by Crippen LogP contribution is 2.38. The summed E-state index contributed by atoms with van der Waals surface area (Å²) in [4.78, 5) is 11.1. The second-order valence-corrected chi connectivity index (χ2v) is 7.11. The van der Waals surface area contributed by atoms with Crippen LogP contribution in [-0.2, 0) is 4.74 Å². The molecule has 0 aliphatic heterocycles. The number of halogens is 6. The van der Waals surface area contributed by atoms with Crippen LogP contribution in [-0.4, -0.2) is 25.2 Å². The summed E-state index contributed by atoms with van der Waals surface area (Å²) < 4.78 is 1.25. The Labute approximate surface area is 115 Å². The summed E-state index contributed by atoms with van der Waals surface area (Å²) in [6.07, 6.45) is 0. The largest absolute Gasteiger partial charge is 0.419 e. The average molecular weight is 341 g/mol. The molecule has 0 aliphatic rings. The van der Waals surface area contributed by atoms with Gasteiger partial charge in [0.25, 0.3) is 4.52 Å². The minimum absolute atomic E-state index is 0.158. The van der Waals surface area contributed by atoms with E-state index in [1.54, 1.807) is 0 Å². The van der Waals surface area contributed by atoms with Crippen molar-refractivity contribution in [2.45, 2.75) is 8.18 Å². The van der Waals surface area contributed by atoms with Crippen LogP contribution in [0, 0.1) is 0 Å². The minimum atomic E-state index is -1.79. The van der Waals surface area contributed by atoms with E-state index in [4.69, 9.17) is 69.6 Å². The lowest BCUT2D eigenvalue weighted by molar-refractivity contribution is 0.152. The van der Waals surface area contributed by atoms with Crippen LogP contribution < -0.4 is 0 Å². The first-order valence-corrected chi connectivity index (χ1v) is 6.42. The Morgan fingerprint density at radius 2 is 1.64 bits per heavy atom. The van der Waals surface area contributed by atoms with Crippen molar-refractivity contribution in [3.63, 3.8) is 0 Å². The molecule has 0 aromatic rings. The molecule has 9 heteroatoms. The van der Waals surface area contributed by atoms with Gasteiger partial charge in [0.2, 0.25) is 0 Å². The SMILES string of the molecule is O=C(OC(Cl)(Cl)CCl)SC(Cl)(Cl)CCl. The number of rotatable bonds is 4. The molecule has 0 bridgehead atoms. The molecule has 0 rings (SSSR count). The number of thioether (sulfide) groups is 1. The Hall–Kier alpha value is 1.56. The Morgan fingerprint density at radius 1 is 1.14 bits per heavy atom. The number of hydrogen-bond donors (Lipinski definition) is 0. The van der Waals surface area contributed by atoms with Crippen LogP contribution in [0.5, 0.6) is 0 Å². The molecule has 0 fully saturated rings. The fourth-order valence-corrected chi connectivity index (χ4v) is 1.63. The van der Waals surface area contributed by atoms with Crippen molar-refractivity contribution in [2.24, 2.45) is 0 Å². The van der Waals surface area contributed by atoms with E-state index >= 15 is 0 Å². The van der Waals surface area contributed by atoms with E-state index in [1.807, 2.05) is 0 Å². The molecule has 0 atom stereocenters. The van der Waals surface area contributed by atoms with Crippen LogP contribution in [0.3, 0.4) is 0 Å². The molecule has 0 N–H and O–H groups in total. The van der Waals surface area contributed by atoms with E-state index in [9.17, 15) is 4.79 Å². The van der Waals surface area contributed by atoms with Crippen molar-refractivity contribution in [3.05, 3.63) is 0 Å². The zero-order chi connectivity index (χ0) is 11.4. The van der Waals surface area contributed by atoms with E-state index in [0.29, 0.717) is 11.8 Å². The summed E-state index contributed by atoms with van der Waals surface area (Å²) in [6, 6.07) is 0. The normalized spacial score (nSPS) is 12.7. The number of carbonyl (C=O) groups excluding carboxylic acids is 1. The first-order chi connectivity index (χ1) is 6.22. The number of hydrogen-bond acceptors (Lipinski definition) is 3. The minimum Gasteiger partial charge on any atom is -0.419 e. The number of alkyl halides is 6. The van der Waals surface area contributed by atoms with Crippen LogP contribution >= 0.6 is 81.4 Å². The quantitative estimate of drug-likeness (QED) is 0.552. The van der Waals surface area contributed by atoms with Crippen molar-refractivity contribution < 1.29 is 9.53 Å². The number of carbonyl (C=O) groups is 1. The highest BCUT2D eigenvalue weighted by Gasteiger charge is 2.34. The van der Waals surface area contributed by atoms with Gasteiger partial charge in [0, 0.05) is 0 Å². The van der Waals surface area contributed by atoms with E-state index in [2.05, 4.69) is 4.74 Å². The molecule has 0 aliphatic carbocycles. The number of ether oxygens (including phenoxy) is 1. The second kappa shape index (κ2) is 6.33. The smallest absolute Gasteiger partial charge is 0.372 e. The molecule has 0 saturated heterocycles. The van der Waals surface area contributed by atoms with Crippen molar-refractivity contribution in [1.29, 1.82) is 0 Å². The van der Waals surface area contributed by atoms with Crippen molar-refractivity contribution in [1.82, 2.24) is 0 Å². The summed E-state index contributed by atoms with van der Waals surface area (Å²) in [6.45, 7) is 0. The summed E-state index contributed by atoms with van der Waals surface area (Å²) in [7, 11) is 0. The highest BCUT2D eigenvalue weighted by atomic mass is 35.5. The van der Waals surface area contributed by atoms with Gasteiger partial charge in [-0.15, -0.1) is 23.2 Å². The Balaban J connectivity index is 4.12. The average Bonchev–Trinajstić information content (AvgIpc) is 2.02. The van der Waals surface area contributed by atoms with Crippen molar-refractivity contribution in [2.75, 3.05) is 11.8 Å². The molecular formula is C5H4Cl6O2S. The standard InChI is InChI=1S/C5H4Cl6O2S/c6-1-4(8,9)13-3(12)14-5(10,11)2-7/h1-2H2. The van der Waals surface area contributed by atoms with Gasteiger partial charge in [-0.05, 0) is 11.8 Å². The maximum Gasteiger partial charge on any atom is 0.372 e. The Morgan fingerprint density at radius 3 is 2.00 bits per heavy atom. The maximum absolute atomic E-state index is 11.1. The summed E-state index contributed by atoms with van der Waals surface area (Å²) >= 11 is 33.1. The summed E-state index contributed by atoms with van der Waals surface area (Å²) in [5.41, 5.74) is 0. The van der Waals surface area contributed by atoms with Gasteiger partial charge in [-0.25, -0.2) is 4.79 Å². The zero-order valence-electron chi connectivity index (χ0n) is 6.41. The molecule has 0 aromatic carbocycles. The lowest BCUT2D eigenvalue weighted by Gasteiger charge is -2.19. The van der Waals surface area contributed by atoms with Crippen LogP contribution in [0.25, 0.3) is 0 Å².